The van der Waals surface area contributed by atoms with Gasteiger partial charge in [0.1, 0.15) is 5.75 Å². The Balaban J connectivity index is 1.78. The Kier molecular flexibility index (Phi) is 3.56. The van der Waals surface area contributed by atoms with Crippen LogP contribution in [0.15, 0.2) is 59.2 Å². The number of aromatic amines is 1. The second-order valence-electron chi connectivity index (χ2n) is 4.44. The molecule has 0 saturated carbocycles. The number of H-pyrrole nitrogens is 1. The molecular weight excluding hydrogens is 318 g/mol. The third kappa shape index (κ3) is 2.60. The molecule has 0 atom stereocenters. The van der Waals surface area contributed by atoms with Crippen LogP contribution in [0.1, 0.15) is 5.56 Å². The number of fused-ring (bicyclic) bond motifs is 1. The Bertz CT molecular complexity index is 764. The number of benzene rings is 2. The highest BCUT2D eigenvalue weighted by molar-refractivity contribution is 9.10. The fourth-order valence-corrected chi connectivity index (χ4v) is 2.49. The van der Waals surface area contributed by atoms with E-state index in [0.29, 0.717) is 5.75 Å². The standard InChI is InChI=1S/C16H12BrNO2/c17-13-6-2-4-8-15(13)20-16(19)9-11-10-18-14-7-3-1-5-12(11)14/h1-8,10,18H,9H2. The van der Waals surface area contributed by atoms with Gasteiger partial charge in [-0.3, -0.25) is 4.79 Å². The summed E-state index contributed by atoms with van der Waals surface area (Å²) in [5, 5.41) is 1.05. The van der Waals surface area contributed by atoms with Gasteiger partial charge >= 0.3 is 5.97 Å². The molecule has 0 aliphatic heterocycles. The number of nitrogens with one attached hydrogen (secondary N) is 1. The zero-order chi connectivity index (χ0) is 13.9. The molecule has 0 aliphatic rings. The second-order valence-corrected chi connectivity index (χ2v) is 5.30. The van der Waals surface area contributed by atoms with Gasteiger partial charge in [0.15, 0.2) is 0 Å². The van der Waals surface area contributed by atoms with Gasteiger partial charge < -0.3 is 9.72 Å². The predicted molar refractivity (Wildman–Crippen MR) is 81.8 cm³/mol. The van der Waals surface area contributed by atoms with Crippen LogP contribution in [0.2, 0.25) is 0 Å². The van der Waals surface area contributed by atoms with Crippen LogP contribution in [0.25, 0.3) is 10.9 Å². The normalized spacial score (nSPS) is 10.7. The molecule has 100 valence electrons. The van der Waals surface area contributed by atoms with Gasteiger partial charge in [0.25, 0.3) is 0 Å². The summed E-state index contributed by atoms with van der Waals surface area (Å²) in [7, 11) is 0. The Labute approximate surface area is 124 Å². The molecule has 1 aromatic heterocycles. The number of aromatic nitrogens is 1. The molecule has 2 aromatic carbocycles. The first-order valence-corrected chi connectivity index (χ1v) is 7.03. The van der Waals surface area contributed by atoms with E-state index in [9.17, 15) is 4.79 Å². The van der Waals surface area contributed by atoms with E-state index in [4.69, 9.17) is 4.74 Å². The van der Waals surface area contributed by atoms with Crippen molar-refractivity contribution in [3.05, 3.63) is 64.8 Å². The largest absolute Gasteiger partial charge is 0.425 e. The lowest BCUT2D eigenvalue weighted by atomic mass is 10.1. The predicted octanol–water partition coefficient (Wildman–Crippen LogP) is 4.08. The second kappa shape index (κ2) is 5.51. The van der Waals surface area contributed by atoms with E-state index in [0.717, 1.165) is 20.9 Å². The highest BCUT2D eigenvalue weighted by atomic mass is 79.9. The molecule has 3 nitrogen and oxygen atoms in total. The summed E-state index contributed by atoms with van der Waals surface area (Å²) in [6.45, 7) is 0. The molecule has 20 heavy (non-hydrogen) atoms. The third-order valence-corrected chi connectivity index (χ3v) is 3.73. The first-order valence-electron chi connectivity index (χ1n) is 6.24. The number of carbonyl (C=O) groups excluding carboxylic acids is 1. The van der Waals surface area contributed by atoms with Crippen molar-refractivity contribution < 1.29 is 9.53 Å². The number of esters is 1. The molecule has 0 radical (unpaired) electrons. The Hall–Kier alpha value is -2.07. The summed E-state index contributed by atoms with van der Waals surface area (Å²) in [6.07, 6.45) is 2.09. The lowest BCUT2D eigenvalue weighted by Gasteiger charge is -2.05. The van der Waals surface area contributed by atoms with Crippen molar-refractivity contribution in [2.45, 2.75) is 6.42 Å². The van der Waals surface area contributed by atoms with Crippen LogP contribution in [0.5, 0.6) is 5.75 Å². The van der Waals surface area contributed by atoms with Gasteiger partial charge in [-0.15, -0.1) is 0 Å². The SMILES string of the molecule is O=C(Cc1c[nH]c2ccccc12)Oc1ccccc1Br. The maximum absolute atomic E-state index is 12.0. The lowest BCUT2D eigenvalue weighted by molar-refractivity contribution is -0.133. The fourth-order valence-electron chi connectivity index (χ4n) is 2.12. The average Bonchev–Trinajstić information content (AvgIpc) is 2.85. The van der Waals surface area contributed by atoms with E-state index < -0.39 is 0 Å². The van der Waals surface area contributed by atoms with Gasteiger partial charge in [-0.2, -0.15) is 0 Å². The highest BCUT2D eigenvalue weighted by Gasteiger charge is 2.11. The first-order chi connectivity index (χ1) is 9.74. The molecule has 0 fully saturated rings. The maximum atomic E-state index is 12.0. The van der Waals surface area contributed by atoms with Crippen LogP contribution in [0, 0.1) is 0 Å². The number of halogens is 1. The summed E-state index contributed by atoms with van der Waals surface area (Å²) in [5.74, 6) is 0.263. The highest BCUT2D eigenvalue weighted by Crippen LogP contribution is 2.25. The van der Waals surface area contributed by atoms with Crippen molar-refractivity contribution >= 4 is 32.8 Å². The molecule has 3 aromatic rings. The van der Waals surface area contributed by atoms with Crippen molar-refractivity contribution in [3.63, 3.8) is 0 Å². The van der Waals surface area contributed by atoms with Crippen LogP contribution in [-0.4, -0.2) is 11.0 Å². The number of carbonyl (C=O) groups is 1. The average molecular weight is 330 g/mol. The maximum Gasteiger partial charge on any atom is 0.315 e. The Morgan fingerprint density at radius 2 is 1.85 bits per heavy atom. The van der Waals surface area contributed by atoms with Gasteiger partial charge in [0.05, 0.1) is 10.9 Å². The van der Waals surface area contributed by atoms with E-state index in [-0.39, 0.29) is 12.4 Å². The van der Waals surface area contributed by atoms with E-state index in [1.165, 1.54) is 0 Å². The van der Waals surface area contributed by atoms with Gasteiger partial charge in [-0.05, 0) is 39.7 Å². The molecule has 0 bridgehead atoms. The molecule has 1 heterocycles. The monoisotopic (exact) mass is 329 g/mol. The van der Waals surface area contributed by atoms with Crippen molar-refractivity contribution in [1.82, 2.24) is 4.98 Å². The van der Waals surface area contributed by atoms with Crippen LogP contribution in [0.4, 0.5) is 0 Å². The van der Waals surface area contributed by atoms with Gasteiger partial charge in [-0.1, -0.05) is 30.3 Å². The quantitative estimate of drug-likeness (QED) is 0.581. The van der Waals surface area contributed by atoms with Crippen molar-refractivity contribution in [1.29, 1.82) is 0 Å². The number of rotatable bonds is 3. The number of hydrogen-bond acceptors (Lipinski definition) is 2. The molecule has 4 heteroatoms. The fraction of sp³-hybridized carbons (Fsp3) is 0.0625. The van der Waals surface area contributed by atoms with Crippen molar-refractivity contribution in [2.75, 3.05) is 0 Å². The third-order valence-electron chi connectivity index (χ3n) is 3.07. The van der Waals surface area contributed by atoms with Crippen LogP contribution in [-0.2, 0) is 11.2 Å². The van der Waals surface area contributed by atoms with Crippen LogP contribution in [0.3, 0.4) is 0 Å². The summed E-state index contributed by atoms with van der Waals surface area (Å²) < 4.78 is 6.14. The molecule has 0 amide bonds. The molecular formula is C16H12BrNO2. The Morgan fingerprint density at radius 1 is 1.10 bits per heavy atom. The summed E-state index contributed by atoms with van der Waals surface area (Å²) in [5.41, 5.74) is 1.97. The zero-order valence-electron chi connectivity index (χ0n) is 10.6. The first kappa shape index (κ1) is 12.9. The molecule has 3 rings (SSSR count). The van der Waals surface area contributed by atoms with E-state index >= 15 is 0 Å². The molecule has 0 unspecified atom stereocenters. The summed E-state index contributed by atoms with van der Waals surface area (Å²) >= 11 is 3.36. The van der Waals surface area contributed by atoms with E-state index in [1.807, 2.05) is 48.7 Å². The van der Waals surface area contributed by atoms with Crippen LogP contribution < -0.4 is 4.74 Å². The minimum atomic E-state index is -0.276. The van der Waals surface area contributed by atoms with Gasteiger partial charge in [0, 0.05) is 17.1 Å². The van der Waals surface area contributed by atoms with E-state index in [1.54, 1.807) is 6.07 Å². The lowest BCUT2D eigenvalue weighted by Crippen LogP contribution is -2.11. The molecule has 0 aliphatic carbocycles. The van der Waals surface area contributed by atoms with Crippen molar-refractivity contribution in [3.8, 4) is 5.75 Å². The van der Waals surface area contributed by atoms with Gasteiger partial charge in [-0.25, -0.2) is 0 Å². The molecule has 0 saturated heterocycles. The van der Waals surface area contributed by atoms with E-state index in [2.05, 4.69) is 20.9 Å². The number of ether oxygens (including phenoxy) is 1. The number of hydrogen-bond donors (Lipinski definition) is 1. The Morgan fingerprint density at radius 3 is 2.70 bits per heavy atom. The number of para-hydroxylation sites is 2. The van der Waals surface area contributed by atoms with Crippen molar-refractivity contribution in [2.24, 2.45) is 0 Å². The van der Waals surface area contributed by atoms with Gasteiger partial charge in [0.2, 0.25) is 0 Å². The summed E-state index contributed by atoms with van der Waals surface area (Å²) in [6, 6.07) is 15.2. The molecule has 1 N–H and O–H groups in total. The smallest absolute Gasteiger partial charge is 0.315 e. The zero-order valence-corrected chi connectivity index (χ0v) is 12.2. The van der Waals surface area contributed by atoms with Crippen LogP contribution >= 0.6 is 15.9 Å². The molecule has 0 spiro atoms. The summed E-state index contributed by atoms with van der Waals surface area (Å²) in [4.78, 5) is 15.2. The topological polar surface area (TPSA) is 42.1 Å². The minimum Gasteiger partial charge on any atom is -0.425 e. The minimum absolute atomic E-state index is 0.241.